The zero-order valence-corrected chi connectivity index (χ0v) is 9.67. The Morgan fingerprint density at radius 3 is 2.62 bits per heavy atom. The van der Waals surface area contributed by atoms with Gasteiger partial charge in [-0.1, -0.05) is 12.1 Å². The maximum Gasteiger partial charge on any atom is 0.253 e. The van der Waals surface area contributed by atoms with E-state index in [9.17, 15) is 9.59 Å². The average Bonchev–Trinajstić information content (AvgIpc) is 2.30. The van der Waals surface area contributed by atoms with Crippen molar-refractivity contribution in [3.63, 3.8) is 0 Å². The van der Waals surface area contributed by atoms with E-state index in [1.165, 1.54) is 0 Å². The van der Waals surface area contributed by atoms with E-state index < -0.39 is 0 Å². The van der Waals surface area contributed by atoms with Gasteiger partial charge in [0.15, 0.2) is 0 Å². The summed E-state index contributed by atoms with van der Waals surface area (Å²) >= 11 is 5.38. The number of para-hydroxylation sites is 1. The molecule has 4 nitrogen and oxygen atoms in total. The van der Waals surface area contributed by atoms with Crippen molar-refractivity contribution in [2.24, 2.45) is 0 Å². The lowest BCUT2D eigenvalue weighted by atomic mass is 10.1. The molecule has 2 amide bonds. The number of amides is 2. The lowest BCUT2D eigenvalue weighted by Crippen LogP contribution is -2.25. The van der Waals surface area contributed by atoms with Crippen LogP contribution in [0.3, 0.4) is 0 Å². The quantitative estimate of drug-likeness (QED) is 0.786. The number of halogens is 1. The summed E-state index contributed by atoms with van der Waals surface area (Å²) in [6, 6.07) is 6.79. The summed E-state index contributed by atoms with van der Waals surface area (Å²) in [5, 5.41) is 5.24. The molecule has 0 fully saturated rings. The molecule has 5 heteroatoms. The first-order valence-corrected chi connectivity index (χ1v) is 5.45. The summed E-state index contributed by atoms with van der Waals surface area (Å²) in [5.41, 5.74) is 0.905. The molecule has 0 saturated heterocycles. The molecule has 0 aliphatic heterocycles. The predicted octanol–water partition coefficient (Wildman–Crippen LogP) is 1.61. The molecule has 0 radical (unpaired) electrons. The van der Waals surface area contributed by atoms with Gasteiger partial charge in [0.25, 0.3) is 5.91 Å². The van der Waals surface area contributed by atoms with Crippen LogP contribution in [0.2, 0.25) is 0 Å². The van der Waals surface area contributed by atoms with Crippen LogP contribution in [-0.2, 0) is 4.79 Å². The summed E-state index contributed by atoms with van der Waals surface area (Å²) < 4.78 is 0. The van der Waals surface area contributed by atoms with Crippen LogP contribution < -0.4 is 10.6 Å². The molecule has 1 aromatic rings. The predicted molar refractivity (Wildman–Crippen MR) is 63.8 cm³/mol. The Bertz CT molecular complexity index is 393. The molecule has 16 heavy (non-hydrogen) atoms. The minimum absolute atomic E-state index is 0.135. The van der Waals surface area contributed by atoms with Gasteiger partial charge in [-0.2, -0.15) is 0 Å². The van der Waals surface area contributed by atoms with Crippen LogP contribution in [-0.4, -0.2) is 24.2 Å². The van der Waals surface area contributed by atoms with Crippen LogP contribution in [0.25, 0.3) is 0 Å². The van der Waals surface area contributed by atoms with E-state index in [0.29, 0.717) is 17.8 Å². The van der Waals surface area contributed by atoms with Crippen LogP contribution in [0, 0.1) is 0 Å². The number of rotatable bonds is 4. The minimum Gasteiger partial charge on any atom is -0.352 e. The molecule has 0 aliphatic rings. The third-order valence-corrected chi connectivity index (χ3v) is 2.15. The average molecular weight is 241 g/mol. The first kappa shape index (κ1) is 12.5. The molecule has 0 spiro atoms. The molecule has 0 heterocycles. The molecule has 0 saturated carbocycles. The first-order valence-electron chi connectivity index (χ1n) is 4.92. The molecule has 1 rings (SSSR count). The van der Waals surface area contributed by atoms with Crippen molar-refractivity contribution < 1.29 is 9.59 Å². The second-order valence-corrected chi connectivity index (χ2v) is 3.35. The second kappa shape index (κ2) is 6.12. The van der Waals surface area contributed by atoms with Crippen molar-refractivity contribution in [1.82, 2.24) is 5.32 Å². The molecule has 0 aliphatic carbocycles. The van der Waals surface area contributed by atoms with Gasteiger partial charge < -0.3 is 10.6 Å². The number of carbonyl (C=O) groups excluding carboxylic acids is 2. The number of benzene rings is 1. The van der Waals surface area contributed by atoms with Gasteiger partial charge in [0.2, 0.25) is 5.91 Å². The molecular formula is C11H13ClN2O2. The second-order valence-electron chi connectivity index (χ2n) is 3.09. The zero-order chi connectivity index (χ0) is 12.0. The highest BCUT2D eigenvalue weighted by atomic mass is 35.5. The molecular weight excluding hydrogens is 228 g/mol. The Labute approximate surface area is 99.0 Å². The Morgan fingerprint density at radius 2 is 2.00 bits per heavy atom. The molecule has 2 N–H and O–H groups in total. The molecule has 0 atom stereocenters. The maximum atomic E-state index is 11.6. The number of alkyl halides is 1. The largest absolute Gasteiger partial charge is 0.352 e. The van der Waals surface area contributed by atoms with Crippen molar-refractivity contribution in [3.05, 3.63) is 29.8 Å². The summed E-state index contributed by atoms with van der Waals surface area (Å²) in [6.45, 7) is 2.37. The Hall–Kier alpha value is -1.55. The van der Waals surface area contributed by atoms with Gasteiger partial charge in [-0.15, -0.1) is 11.6 Å². The summed E-state index contributed by atoms with van der Waals surface area (Å²) in [4.78, 5) is 22.8. The van der Waals surface area contributed by atoms with Gasteiger partial charge in [0, 0.05) is 6.54 Å². The lowest BCUT2D eigenvalue weighted by molar-refractivity contribution is -0.113. The molecule has 1 aromatic carbocycles. The normalized spacial score (nSPS) is 9.62. The fourth-order valence-electron chi connectivity index (χ4n) is 1.23. The van der Waals surface area contributed by atoms with Crippen LogP contribution in [0.5, 0.6) is 0 Å². The SMILES string of the molecule is CCNC(=O)c1ccccc1NC(=O)CCl. The van der Waals surface area contributed by atoms with Crippen molar-refractivity contribution >= 4 is 29.1 Å². The Balaban J connectivity index is 2.91. The third kappa shape index (κ3) is 3.24. The smallest absolute Gasteiger partial charge is 0.253 e. The number of hydrogen-bond acceptors (Lipinski definition) is 2. The van der Waals surface area contributed by atoms with Crippen LogP contribution in [0.1, 0.15) is 17.3 Å². The number of nitrogens with one attached hydrogen (secondary N) is 2. The van der Waals surface area contributed by atoms with E-state index >= 15 is 0 Å². The van der Waals surface area contributed by atoms with Crippen molar-refractivity contribution in [2.45, 2.75) is 6.92 Å². The highest BCUT2D eigenvalue weighted by molar-refractivity contribution is 6.29. The molecule has 0 aromatic heterocycles. The van der Waals surface area contributed by atoms with Gasteiger partial charge in [0.05, 0.1) is 11.3 Å². The molecule has 86 valence electrons. The van der Waals surface area contributed by atoms with Crippen LogP contribution >= 0.6 is 11.6 Å². The lowest BCUT2D eigenvalue weighted by Gasteiger charge is -2.09. The van der Waals surface area contributed by atoms with E-state index in [2.05, 4.69) is 10.6 Å². The highest BCUT2D eigenvalue weighted by Crippen LogP contribution is 2.14. The third-order valence-electron chi connectivity index (χ3n) is 1.90. The fourth-order valence-corrected chi connectivity index (χ4v) is 1.30. The van der Waals surface area contributed by atoms with E-state index in [-0.39, 0.29) is 17.7 Å². The van der Waals surface area contributed by atoms with E-state index in [1.807, 2.05) is 6.92 Å². The van der Waals surface area contributed by atoms with E-state index in [1.54, 1.807) is 24.3 Å². The van der Waals surface area contributed by atoms with Crippen molar-refractivity contribution in [3.8, 4) is 0 Å². The number of carbonyl (C=O) groups is 2. The van der Waals surface area contributed by atoms with Crippen LogP contribution in [0.4, 0.5) is 5.69 Å². The monoisotopic (exact) mass is 240 g/mol. The van der Waals surface area contributed by atoms with Gasteiger partial charge in [-0.05, 0) is 19.1 Å². The summed E-state index contributed by atoms with van der Waals surface area (Å²) in [7, 11) is 0. The first-order chi connectivity index (χ1) is 7.69. The van der Waals surface area contributed by atoms with Crippen molar-refractivity contribution in [1.29, 1.82) is 0 Å². The maximum absolute atomic E-state index is 11.6. The van der Waals surface area contributed by atoms with E-state index in [4.69, 9.17) is 11.6 Å². The molecule has 0 unspecified atom stereocenters. The van der Waals surface area contributed by atoms with Crippen LogP contribution in [0.15, 0.2) is 24.3 Å². The van der Waals surface area contributed by atoms with Crippen molar-refractivity contribution in [2.75, 3.05) is 17.7 Å². The molecule has 0 bridgehead atoms. The zero-order valence-electron chi connectivity index (χ0n) is 8.92. The van der Waals surface area contributed by atoms with E-state index in [0.717, 1.165) is 0 Å². The van der Waals surface area contributed by atoms with Gasteiger partial charge in [0.1, 0.15) is 5.88 Å². The number of anilines is 1. The van der Waals surface area contributed by atoms with Gasteiger partial charge in [-0.3, -0.25) is 9.59 Å². The highest BCUT2D eigenvalue weighted by Gasteiger charge is 2.11. The van der Waals surface area contributed by atoms with Gasteiger partial charge in [-0.25, -0.2) is 0 Å². The minimum atomic E-state index is -0.335. The Morgan fingerprint density at radius 1 is 1.31 bits per heavy atom. The fraction of sp³-hybridized carbons (Fsp3) is 0.273. The Kier molecular flexibility index (Phi) is 4.79. The topological polar surface area (TPSA) is 58.2 Å². The summed E-state index contributed by atoms with van der Waals surface area (Å²) in [6.07, 6.45) is 0. The van der Waals surface area contributed by atoms with Gasteiger partial charge >= 0.3 is 0 Å². The number of hydrogen-bond donors (Lipinski definition) is 2. The summed E-state index contributed by atoms with van der Waals surface area (Å²) in [5.74, 6) is -0.685. The standard InChI is InChI=1S/C11H13ClN2O2/c1-2-13-11(16)8-5-3-4-6-9(8)14-10(15)7-12/h3-6H,2,7H2,1H3,(H,13,16)(H,14,15).